The molecule has 2 rings (SSSR count). The van der Waals surface area contributed by atoms with Gasteiger partial charge in [-0.2, -0.15) is 0 Å². The smallest absolute Gasteiger partial charge is 0.120 e. The van der Waals surface area contributed by atoms with Crippen LogP contribution in [-0.2, 0) is 0 Å². The summed E-state index contributed by atoms with van der Waals surface area (Å²) in [6.45, 7) is 1.32. The number of pyridine rings is 1. The molecule has 0 fully saturated rings. The zero-order valence-electron chi connectivity index (χ0n) is 11.5. The predicted molar refractivity (Wildman–Crippen MR) is 78.4 cm³/mol. The third kappa shape index (κ3) is 3.66. The first-order valence-corrected chi connectivity index (χ1v) is 6.55. The van der Waals surface area contributed by atoms with Crippen molar-refractivity contribution in [1.82, 2.24) is 9.88 Å². The van der Waals surface area contributed by atoms with Gasteiger partial charge in [0.25, 0.3) is 0 Å². The molecule has 1 heterocycles. The molecule has 0 saturated carbocycles. The fourth-order valence-corrected chi connectivity index (χ4v) is 2.02. The van der Waals surface area contributed by atoms with Gasteiger partial charge in [0.05, 0.1) is 5.52 Å². The van der Waals surface area contributed by atoms with Gasteiger partial charge in [-0.1, -0.05) is 6.07 Å². The minimum atomic E-state index is 0.342. The fraction of sp³-hybridized carbons (Fsp3) is 0.400. The molecule has 0 bridgehead atoms. The second-order valence-corrected chi connectivity index (χ2v) is 4.86. The topological polar surface area (TPSA) is 51.4 Å². The zero-order valence-corrected chi connectivity index (χ0v) is 11.5. The van der Waals surface area contributed by atoms with Crippen LogP contribution in [0.2, 0.25) is 0 Å². The summed E-state index contributed by atoms with van der Waals surface area (Å²) < 4.78 is 5.87. The SMILES string of the molecule is CN(C)C(CCN)COc1ccc2ncccc2c1. The van der Waals surface area contributed by atoms with Gasteiger partial charge in [-0.15, -0.1) is 0 Å². The summed E-state index contributed by atoms with van der Waals surface area (Å²) in [5.74, 6) is 0.879. The first-order chi connectivity index (χ1) is 9.20. The van der Waals surface area contributed by atoms with E-state index in [1.165, 1.54) is 0 Å². The molecule has 0 aliphatic heterocycles. The van der Waals surface area contributed by atoms with Crippen LogP contribution < -0.4 is 10.5 Å². The molecule has 1 aromatic heterocycles. The Hall–Kier alpha value is -1.65. The number of likely N-dealkylation sites (N-methyl/N-ethyl adjacent to an activating group) is 1. The maximum absolute atomic E-state index is 5.87. The highest BCUT2D eigenvalue weighted by atomic mass is 16.5. The molecule has 1 aromatic carbocycles. The van der Waals surface area contributed by atoms with Crippen molar-refractivity contribution in [1.29, 1.82) is 0 Å². The molecule has 0 saturated heterocycles. The lowest BCUT2D eigenvalue weighted by atomic mass is 10.2. The van der Waals surface area contributed by atoms with Gasteiger partial charge < -0.3 is 15.4 Å². The number of nitrogens with two attached hydrogens (primary N) is 1. The lowest BCUT2D eigenvalue weighted by Gasteiger charge is -2.23. The molecular formula is C15H21N3O. The second kappa shape index (κ2) is 6.50. The van der Waals surface area contributed by atoms with E-state index < -0.39 is 0 Å². The Kier molecular flexibility index (Phi) is 4.71. The fourth-order valence-electron chi connectivity index (χ4n) is 2.02. The Morgan fingerprint density at radius 3 is 2.89 bits per heavy atom. The van der Waals surface area contributed by atoms with Gasteiger partial charge in [-0.25, -0.2) is 0 Å². The number of hydrogen-bond donors (Lipinski definition) is 1. The molecule has 2 N–H and O–H groups in total. The van der Waals surface area contributed by atoms with Crippen LogP contribution in [0.25, 0.3) is 10.9 Å². The number of ether oxygens (including phenoxy) is 1. The summed E-state index contributed by atoms with van der Waals surface area (Å²) in [7, 11) is 4.10. The molecular weight excluding hydrogens is 238 g/mol. The van der Waals surface area contributed by atoms with Crippen molar-refractivity contribution in [2.45, 2.75) is 12.5 Å². The van der Waals surface area contributed by atoms with E-state index in [9.17, 15) is 0 Å². The van der Waals surface area contributed by atoms with Crippen molar-refractivity contribution < 1.29 is 4.74 Å². The first kappa shape index (κ1) is 13.8. The van der Waals surface area contributed by atoms with Crippen LogP contribution in [0.3, 0.4) is 0 Å². The summed E-state index contributed by atoms with van der Waals surface area (Å²) in [5.41, 5.74) is 6.61. The van der Waals surface area contributed by atoms with Crippen molar-refractivity contribution in [2.75, 3.05) is 27.2 Å². The normalized spacial score (nSPS) is 12.8. The maximum Gasteiger partial charge on any atom is 0.120 e. The van der Waals surface area contributed by atoms with Crippen LogP contribution in [0.1, 0.15) is 6.42 Å². The van der Waals surface area contributed by atoms with E-state index in [2.05, 4.69) is 9.88 Å². The average Bonchev–Trinajstić information content (AvgIpc) is 2.43. The third-order valence-electron chi connectivity index (χ3n) is 3.25. The van der Waals surface area contributed by atoms with E-state index >= 15 is 0 Å². The number of aromatic nitrogens is 1. The van der Waals surface area contributed by atoms with Crippen molar-refractivity contribution in [3.05, 3.63) is 36.5 Å². The van der Waals surface area contributed by atoms with E-state index in [1.807, 2.05) is 44.4 Å². The monoisotopic (exact) mass is 259 g/mol. The summed E-state index contributed by atoms with van der Waals surface area (Å²) in [6.07, 6.45) is 2.73. The number of hydrogen-bond acceptors (Lipinski definition) is 4. The third-order valence-corrected chi connectivity index (χ3v) is 3.25. The lowest BCUT2D eigenvalue weighted by molar-refractivity contribution is 0.179. The van der Waals surface area contributed by atoms with E-state index in [0.717, 1.165) is 23.1 Å². The maximum atomic E-state index is 5.87. The number of benzene rings is 1. The van der Waals surface area contributed by atoms with Gasteiger partial charge in [0.1, 0.15) is 12.4 Å². The highest BCUT2D eigenvalue weighted by Crippen LogP contribution is 2.19. The summed E-state index contributed by atoms with van der Waals surface area (Å²) in [5, 5.41) is 1.10. The molecule has 0 amide bonds. The Morgan fingerprint density at radius 2 is 2.16 bits per heavy atom. The van der Waals surface area contributed by atoms with E-state index in [4.69, 9.17) is 10.5 Å². The Morgan fingerprint density at radius 1 is 1.32 bits per heavy atom. The van der Waals surface area contributed by atoms with Gasteiger partial charge in [0.2, 0.25) is 0 Å². The van der Waals surface area contributed by atoms with Gasteiger partial charge >= 0.3 is 0 Å². The molecule has 19 heavy (non-hydrogen) atoms. The molecule has 1 atom stereocenters. The number of nitrogens with zero attached hydrogens (tertiary/aromatic N) is 2. The molecule has 0 radical (unpaired) electrons. The molecule has 2 aromatic rings. The first-order valence-electron chi connectivity index (χ1n) is 6.55. The molecule has 0 spiro atoms. The number of rotatable bonds is 6. The minimum Gasteiger partial charge on any atom is -0.492 e. The van der Waals surface area contributed by atoms with Crippen molar-refractivity contribution in [2.24, 2.45) is 5.73 Å². The largest absolute Gasteiger partial charge is 0.492 e. The molecule has 0 aliphatic rings. The van der Waals surface area contributed by atoms with Gasteiger partial charge in [0.15, 0.2) is 0 Å². The van der Waals surface area contributed by atoms with Gasteiger partial charge in [-0.3, -0.25) is 4.98 Å². The van der Waals surface area contributed by atoms with Crippen LogP contribution in [0.5, 0.6) is 5.75 Å². The highest BCUT2D eigenvalue weighted by Gasteiger charge is 2.11. The van der Waals surface area contributed by atoms with Crippen LogP contribution in [0, 0.1) is 0 Å². The van der Waals surface area contributed by atoms with Gasteiger partial charge in [0, 0.05) is 17.6 Å². The van der Waals surface area contributed by atoms with Crippen LogP contribution >= 0.6 is 0 Å². The molecule has 1 unspecified atom stereocenters. The van der Waals surface area contributed by atoms with Crippen LogP contribution in [-0.4, -0.2) is 43.2 Å². The van der Waals surface area contributed by atoms with E-state index in [0.29, 0.717) is 19.2 Å². The molecule has 0 aliphatic carbocycles. The van der Waals surface area contributed by atoms with Crippen molar-refractivity contribution >= 4 is 10.9 Å². The number of fused-ring (bicyclic) bond motifs is 1. The average molecular weight is 259 g/mol. The standard InChI is InChI=1S/C15H21N3O/c1-18(2)13(7-8-16)11-19-14-5-6-15-12(10-14)4-3-9-17-15/h3-6,9-10,13H,7-8,11,16H2,1-2H3. The van der Waals surface area contributed by atoms with Crippen molar-refractivity contribution in [3.8, 4) is 5.75 Å². The minimum absolute atomic E-state index is 0.342. The summed E-state index contributed by atoms with van der Waals surface area (Å²) in [4.78, 5) is 6.44. The second-order valence-electron chi connectivity index (χ2n) is 4.86. The Bertz CT molecular complexity index is 528. The summed E-state index contributed by atoms with van der Waals surface area (Å²) >= 11 is 0. The molecule has 4 heteroatoms. The Labute approximate surface area is 114 Å². The van der Waals surface area contributed by atoms with Crippen LogP contribution in [0.4, 0.5) is 0 Å². The predicted octanol–water partition coefficient (Wildman–Crippen LogP) is 1.89. The quantitative estimate of drug-likeness (QED) is 0.860. The summed E-state index contributed by atoms with van der Waals surface area (Å²) in [6, 6.07) is 10.3. The highest BCUT2D eigenvalue weighted by molar-refractivity contribution is 5.79. The van der Waals surface area contributed by atoms with E-state index in [-0.39, 0.29) is 0 Å². The van der Waals surface area contributed by atoms with Crippen LogP contribution in [0.15, 0.2) is 36.5 Å². The Balaban J connectivity index is 2.04. The zero-order chi connectivity index (χ0) is 13.7. The lowest BCUT2D eigenvalue weighted by Crippen LogP contribution is -2.35. The van der Waals surface area contributed by atoms with Crippen molar-refractivity contribution in [3.63, 3.8) is 0 Å². The van der Waals surface area contributed by atoms with E-state index in [1.54, 1.807) is 6.20 Å². The molecule has 102 valence electrons. The molecule has 4 nitrogen and oxygen atoms in total. The van der Waals surface area contributed by atoms with Gasteiger partial charge in [-0.05, 0) is 51.3 Å².